The van der Waals surface area contributed by atoms with Crippen LogP contribution in [0.25, 0.3) is 0 Å². The molecule has 1 nitrogen and oxygen atoms in total. The van der Waals surface area contributed by atoms with Gasteiger partial charge in [0.15, 0.2) is 0 Å². The van der Waals surface area contributed by atoms with Gasteiger partial charge in [-0.3, -0.25) is 0 Å². The van der Waals surface area contributed by atoms with Crippen LogP contribution >= 0.6 is 0 Å². The first-order chi connectivity index (χ1) is 8.35. The predicted octanol–water partition coefficient (Wildman–Crippen LogP) is 3.64. The fourth-order valence-electron chi connectivity index (χ4n) is 3.13. The van der Waals surface area contributed by atoms with Gasteiger partial charge in [-0.2, -0.15) is 0 Å². The third-order valence-electron chi connectivity index (χ3n) is 4.38. The van der Waals surface area contributed by atoms with Crippen molar-refractivity contribution < 1.29 is 4.48 Å². The monoisotopic (exact) mass is 232 g/mol. The molecule has 0 aliphatic carbocycles. The van der Waals surface area contributed by atoms with Crippen LogP contribution in [0.5, 0.6) is 0 Å². The SMILES string of the molecule is CC[N+]1(CCCCc2ccccc2)CCCC1. The number of benzene rings is 1. The highest BCUT2D eigenvalue weighted by Crippen LogP contribution is 2.20. The van der Waals surface area contributed by atoms with E-state index in [1.807, 2.05) is 0 Å². The zero-order valence-electron chi connectivity index (χ0n) is 11.2. The summed E-state index contributed by atoms with van der Waals surface area (Å²) in [4.78, 5) is 0. The molecule has 0 saturated carbocycles. The van der Waals surface area contributed by atoms with E-state index in [0.29, 0.717) is 0 Å². The van der Waals surface area contributed by atoms with E-state index in [0.717, 1.165) is 0 Å². The van der Waals surface area contributed by atoms with Gasteiger partial charge in [0.25, 0.3) is 0 Å². The van der Waals surface area contributed by atoms with Gasteiger partial charge in [0.2, 0.25) is 0 Å². The first kappa shape index (κ1) is 12.6. The number of hydrogen-bond acceptors (Lipinski definition) is 0. The fraction of sp³-hybridized carbons (Fsp3) is 0.625. The Labute approximate surface area is 106 Å². The molecule has 0 amide bonds. The molecule has 0 spiro atoms. The molecule has 1 aliphatic heterocycles. The van der Waals surface area contributed by atoms with Gasteiger partial charge in [0, 0.05) is 12.8 Å². The minimum absolute atomic E-state index is 1.25. The first-order valence-electron chi connectivity index (χ1n) is 7.24. The summed E-state index contributed by atoms with van der Waals surface area (Å²) < 4.78 is 1.40. The second-order valence-corrected chi connectivity index (χ2v) is 5.48. The van der Waals surface area contributed by atoms with Crippen molar-refractivity contribution in [1.82, 2.24) is 0 Å². The molecule has 0 atom stereocenters. The number of rotatable bonds is 6. The summed E-state index contributed by atoms with van der Waals surface area (Å²) in [7, 11) is 0. The zero-order chi connectivity index (χ0) is 12.0. The first-order valence-corrected chi connectivity index (χ1v) is 7.24. The molecular formula is C16H26N+. The Morgan fingerprint density at radius 1 is 1.00 bits per heavy atom. The van der Waals surface area contributed by atoms with Crippen LogP contribution in [0.4, 0.5) is 0 Å². The third kappa shape index (κ3) is 3.57. The molecule has 94 valence electrons. The summed E-state index contributed by atoms with van der Waals surface area (Å²) in [5.41, 5.74) is 1.50. The smallest absolute Gasteiger partial charge is 0.0788 e. The van der Waals surface area contributed by atoms with Gasteiger partial charge in [-0.1, -0.05) is 30.3 Å². The molecule has 1 heterocycles. The molecule has 0 unspecified atom stereocenters. The van der Waals surface area contributed by atoms with E-state index in [9.17, 15) is 0 Å². The Morgan fingerprint density at radius 3 is 2.35 bits per heavy atom. The minimum Gasteiger partial charge on any atom is -0.324 e. The molecule has 1 aromatic carbocycles. The van der Waals surface area contributed by atoms with Crippen LogP contribution < -0.4 is 0 Å². The molecule has 1 fully saturated rings. The second-order valence-electron chi connectivity index (χ2n) is 5.48. The van der Waals surface area contributed by atoms with Crippen molar-refractivity contribution >= 4 is 0 Å². The summed E-state index contributed by atoms with van der Waals surface area (Å²) in [6.45, 7) is 7.97. The topological polar surface area (TPSA) is 0 Å². The molecule has 0 radical (unpaired) electrons. The van der Waals surface area contributed by atoms with Crippen LogP contribution in [-0.2, 0) is 6.42 Å². The van der Waals surface area contributed by atoms with E-state index >= 15 is 0 Å². The quantitative estimate of drug-likeness (QED) is 0.519. The Hall–Kier alpha value is -0.820. The highest BCUT2D eigenvalue weighted by molar-refractivity contribution is 5.14. The van der Waals surface area contributed by atoms with Crippen LogP contribution in [0.1, 0.15) is 38.2 Å². The maximum absolute atomic E-state index is 2.36. The number of quaternary nitrogens is 1. The molecule has 1 aromatic rings. The second kappa shape index (κ2) is 6.20. The fourth-order valence-corrected chi connectivity index (χ4v) is 3.13. The minimum atomic E-state index is 1.25. The zero-order valence-corrected chi connectivity index (χ0v) is 11.2. The Kier molecular flexibility index (Phi) is 4.61. The summed E-state index contributed by atoms with van der Waals surface area (Å²) >= 11 is 0. The molecule has 2 rings (SSSR count). The Bertz CT molecular complexity index is 312. The normalized spacial score (nSPS) is 18.4. The van der Waals surface area contributed by atoms with Crippen LogP contribution in [0.3, 0.4) is 0 Å². The van der Waals surface area contributed by atoms with Crippen LogP contribution in [0, 0.1) is 0 Å². The van der Waals surface area contributed by atoms with E-state index in [1.165, 1.54) is 68.3 Å². The molecule has 0 N–H and O–H groups in total. The van der Waals surface area contributed by atoms with Crippen LogP contribution in [-0.4, -0.2) is 30.7 Å². The summed E-state index contributed by atoms with van der Waals surface area (Å²) in [6.07, 6.45) is 6.90. The van der Waals surface area contributed by atoms with Crippen molar-refractivity contribution in [1.29, 1.82) is 0 Å². The van der Waals surface area contributed by atoms with E-state index in [2.05, 4.69) is 37.3 Å². The maximum Gasteiger partial charge on any atom is 0.0788 e. The molecule has 1 saturated heterocycles. The molecule has 1 aliphatic rings. The molecule has 1 heteroatoms. The predicted molar refractivity (Wildman–Crippen MR) is 74.0 cm³/mol. The van der Waals surface area contributed by atoms with E-state index in [-0.39, 0.29) is 0 Å². The summed E-state index contributed by atoms with van der Waals surface area (Å²) in [5, 5.41) is 0. The Morgan fingerprint density at radius 2 is 1.71 bits per heavy atom. The van der Waals surface area contributed by atoms with Crippen molar-refractivity contribution in [2.24, 2.45) is 0 Å². The highest BCUT2D eigenvalue weighted by Gasteiger charge is 2.28. The van der Waals surface area contributed by atoms with Crippen LogP contribution in [0.15, 0.2) is 30.3 Å². The van der Waals surface area contributed by atoms with Crippen molar-refractivity contribution in [3.8, 4) is 0 Å². The van der Waals surface area contributed by atoms with Gasteiger partial charge < -0.3 is 4.48 Å². The average molecular weight is 232 g/mol. The molecular weight excluding hydrogens is 206 g/mol. The lowest BCUT2D eigenvalue weighted by atomic mass is 10.1. The third-order valence-corrected chi connectivity index (χ3v) is 4.38. The molecule has 0 bridgehead atoms. The summed E-state index contributed by atoms with van der Waals surface area (Å²) in [5.74, 6) is 0. The van der Waals surface area contributed by atoms with Gasteiger partial charge in [-0.15, -0.1) is 0 Å². The summed E-state index contributed by atoms with van der Waals surface area (Å²) in [6, 6.07) is 10.9. The Balaban J connectivity index is 1.69. The van der Waals surface area contributed by atoms with Gasteiger partial charge in [0.1, 0.15) is 0 Å². The average Bonchev–Trinajstić information content (AvgIpc) is 2.85. The number of nitrogens with zero attached hydrogens (tertiary/aromatic N) is 1. The van der Waals surface area contributed by atoms with Gasteiger partial charge in [0.05, 0.1) is 26.2 Å². The number of likely N-dealkylation sites (tertiary alicyclic amines) is 1. The van der Waals surface area contributed by atoms with Gasteiger partial charge >= 0.3 is 0 Å². The van der Waals surface area contributed by atoms with Crippen molar-refractivity contribution in [2.45, 2.75) is 39.0 Å². The standard InChI is InChI=1S/C16H26N/c1-2-17(14-8-9-15-17)13-7-6-12-16-10-4-3-5-11-16/h3-5,10-11H,2,6-9,12-15H2,1H3/q+1. The van der Waals surface area contributed by atoms with E-state index < -0.39 is 0 Å². The molecule has 17 heavy (non-hydrogen) atoms. The van der Waals surface area contributed by atoms with Gasteiger partial charge in [-0.05, 0) is 31.7 Å². The van der Waals surface area contributed by atoms with Crippen molar-refractivity contribution in [2.75, 3.05) is 26.2 Å². The number of unbranched alkanes of at least 4 members (excludes halogenated alkanes) is 1. The van der Waals surface area contributed by atoms with Crippen molar-refractivity contribution in [3.05, 3.63) is 35.9 Å². The van der Waals surface area contributed by atoms with E-state index in [1.54, 1.807) is 0 Å². The maximum atomic E-state index is 2.36. The number of hydrogen-bond donors (Lipinski definition) is 0. The lowest BCUT2D eigenvalue weighted by molar-refractivity contribution is -0.915. The van der Waals surface area contributed by atoms with Crippen molar-refractivity contribution in [3.63, 3.8) is 0 Å². The lowest BCUT2D eigenvalue weighted by Gasteiger charge is -2.33. The van der Waals surface area contributed by atoms with Crippen LogP contribution in [0.2, 0.25) is 0 Å². The van der Waals surface area contributed by atoms with Gasteiger partial charge in [-0.25, -0.2) is 0 Å². The highest BCUT2D eigenvalue weighted by atomic mass is 15.4. The molecule has 0 aromatic heterocycles. The van der Waals surface area contributed by atoms with E-state index in [4.69, 9.17) is 0 Å². The largest absolute Gasteiger partial charge is 0.324 e. The number of aryl methyl sites for hydroxylation is 1. The lowest BCUT2D eigenvalue weighted by Crippen LogP contribution is -2.45.